The molecule has 7 heteroatoms. The monoisotopic (exact) mass is 329 g/mol. The van der Waals surface area contributed by atoms with Crippen LogP contribution >= 0.6 is 0 Å². The van der Waals surface area contributed by atoms with Gasteiger partial charge in [-0.1, -0.05) is 6.08 Å². The van der Waals surface area contributed by atoms with Gasteiger partial charge in [-0.3, -0.25) is 4.90 Å². The molecule has 2 aromatic heterocycles. The van der Waals surface area contributed by atoms with Crippen molar-refractivity contribution in [1.82, 2.24) is 14.9 Å². The van der Waals surface area contributed by atoms with E-state index in [1.165, 1.54) is 0 Å². The topological polar surface area (TPSA) is 77.7 Å². The molecule has 0 unspecified atom stereocenters. The zero-order chi connectivity index (χ0) is 16.6. The van der Waals surface area contributed by atoms with Crippen molar-refractivity contribution in [2.75, 3.05) is 56.1 Å². The average molecular weight is 329 g/mol. The van der Waals surface area contributed by atoms with Crippen molar-refractivity contribution in [1.29, 1.82) is 0 Å². The van der Waals surface area contributed by atoms with Crippen molar-refractivity contribution < 1.29 is 9.52 Å². The largest absolute Gasteiger partial charge is 0.465 e. The maximum atomic E-state index is 8.87. The van der Waals surface area contributed by atoms with E-state index in [0.717, 1.165) is 50.1 Å². The molecule has 0 bridgehead atoms. The van der Waals surface area contributed by atoms with Gasteiger partial charge in [-0.05, 0) is 18.2 Å². The van der Waals surface area contributed by atoms with Crippen molar-refractivity contribution in [3.63, 3.8) is 0 Å². The van der Waals surface area contributed by atoms with Crippen LogP contribution in [0.2, 0.25) is 0 Å². The number of nitrogens with one attached hydrogen (secondary N) is 1. The predicted molar refractivity (Wildman–Crippen MR) is 94.0 cm³/mol. The molecule has 0 aromatic carbocycles. The van der Waals surface area contributed by atoms with Crippen molar-refractivity contribution in [2.24, 2.45) is 0 Å². The van der Waals surface area contributed by atoms with E-state index < -0.39 is 0 Å². The second-order valence-corrected chi connectivity index (χ2v) is 5.62. The van der Waals surface area contributed by atoms with Crippen LogP contribution in [0.5, 0.6) is 0 Å². The first kappa shape index (κ1) is 16.5. The van der Waals surface area contributed by atoms with Crippen LogP contribution in [0, 0.1) is 0 Å². The molecule has 2 aromatic rings. The Bertz CT molecular complexity index is 636. The van der Waals surface area contributed by atoms with Gasteiger partial charge in [0.05, 0.1) is 12.9 Å². The summed E-state index contributed by atoms with van der Waals surface area (Å²) in [7, 11) is 0. The van der Waals surface area contributed by atoms with Crippen LogP contribution in [0.1, 0.15) is 5.76 Å². The molecule has 0 saturated carbocycles. The minimum atomic E-state index is 0.0868. The summed E-state index contributed by atoms with van der Waals surface area (Å²) < 4.78 is 5.29. The highest BCUT2D eigenvalue weighted by atomic mass is 16.3. The third kappa shape index (κ3) is 4.56. The maximum absolute atomic E-state index is 8.87. The van der Waals surface area contributed by atoms with E-state index in [2.05, 4.69) is 31.2 Å². The summed E-state index contributed by atoms with van der Waals surface area (Å²) in [6.07, 6.45) is 7.39. The lowest BCUT2D eigenvalue weighted by atomic mass is 10.3. The van der Waals surface area contributed by atoms with Gasteiger partial charge < -0.3 is 19.7 Å². The van der Waals surface area contributed by atoms with Crippen LogP contribution < -0.4 is 10.2 Å². The molecule has 0 spiro atoms. The first-order chi connectivity index (χ1) is 11.8. The molecule has 1 fully saturated rings. The fourth-order valence-electron chi connectivity index (χ4n) is 2.66. The van der Waals surface area contributed by atoms with Gasteiger partial charge in [0.25, 0.3) is 0 Å². The molecule has 0 aliphatic carbocycles. The Kier molecular flexibility index (Phi) is 5.81. The summed E-state index contributed by atoms with van der Waals surface area (Å²) in [5.41, 5.74) is 0. The molecular weight excluding hydrogens is 306 g/mol. The van der Waals surface area contributed by atoms with E-state index in [4.69, 9.17) is 9.52 Å². The van der Waals surface area contributed by atoms with E-state index in [1.54, 1.807) is 12.6 Å². The van der Waals surface area contributed by atoms with Gasteiger partial charge in [0, 0.05) is 45.3 Å². The first-order valence-electron chi connectivity index (χ1n) is 8.19. The number of aliphatic hydroxyl groups is 1. The van der Waals surface area contributed by atoms with Crippen LogP contribution in [0.4, 0.5) is 11.6 Å². The van der Waals surface area contributed by atoms with Gasteiger partial charge in [0.15, 0.2) is 0 Å². The summed E-state index contributed by atoms with van der Waals surface area (Å²) in [6.45, 7) is 5.35. The smallest absolute Gasteiger partial charge is 0.134 e. The van der Waals surface area contributed by atoms with Gasteiger partial charge in [-0.2, -0.15) is 0 Å². The van der Waals surface area contributed by atoms with Gasteiger partial charge in [-0.15, -0.1) is 0 Å². The number of piperazine rings is 1. The summed E-state index contributed by atoms with van der Waals surface area (Å²) in [6, 6.07) is 5.78. The summed E-state index contributed by atoms with van der Waals surface area (Å²) >= 11 is 0. The number of aliphatic hydroxyl groups excluding tert-OH is 1. The van der Waals surface area contributed by atoms with Crippen molar-refractivity contribution >= 4 is 17.7 Å². The third-order valence-corrected chi connectivity index (χ3v) is 3.96. The van der Waals surface area contributed by atoms with Crippen molar-refractivity contribution in [3.8, 4) is 0 Å². The second-order valence-electron chi connectivity index (χ2n) is 5.62. The molecule has 2 N–H and O–H groups in total. The Morgan fingerprint density at radius 2 is 2.12 bits per heavy atom. The lowest BCUT2D eigenvalue weighted by Gasteiger charge is -2.34. The van der Waals surface area contributed by atoms with E-state index in [9.17, 15) is 0 Å². The van der Waals surface area contributed by atoms with Crippen LogP contribution in [0.25, 0.3) is 6.08 Å². The van der Waals surface area contributed by atoms with Crippen LogP contribution in [-0.4, -0.2) is 65.8 Å². The summed E-state index contributed by atoms with van der Waals surface area (Å²) in [5.74, 6) is 2.56. The highest BCUT2D eigenvalue weighted by Gasteiger charge is 2.17. The number of nitrogens with zero attached hydrogens (tertiary/aromatic N) is 4. The van der Waals surface area contributed by atoms with Crippen LogP contribution in [0.15, 0.2) is 41.3 Å². The summed E-state index contributed by atoms with van der Waals surface area (Å²) in [4.78, 5) is 13.2. The molecule has 3 rings (SSSR count). The highest BCUT2D eigenvalue weighted by Crippen LogP contribution is 2.16. The Morgan fingerprint density at radius 1 is 1.25 bits per heavy atom. The molecule has 1 saturated heterocycles. The van der Waals surface area contributed by atoms with Gasteiger partial charge in [-0.25, -0.2) is 9.97 Å². The van der Waals surface area contributed by atoms with E-state index in [-0.39, 0.29) is 6.61 Å². The number of hydrogen-bond acceptors (Lipinski definition) is 7. The molecule has 128 valence electrons. The number of anilines is 2. The molecule has 0 amide bonds. The van der Waals surface area contributed by atoms with Gasteiger partial charge in [0.2, 0.25) is 0 Å². The van der Waals surface area contributed by atoms with E-state index >= 15 is 0 Å². The molecular formula is C17H23N5O2. The quantitative estimate of drug-likeness (QED) is 0.793. The van der Waals surface area contributed by atoms with Crippen LogP contribution in [-0.2, 0) is 0 Å². The number of hydrogen-bond donors (Lipinski definition) is 2. The molecule has 1 aliphatic rings. The number of rotatable bonds is 7. The van der Waals surface area contributed by atoms with Gasteiger partial charge in [0.1, 0.15) is 23.7 Å². The third-order valence-electron chi connectivity index (χ3n) is 3.96. The fraction of sp³-hybridized carbons (Fsp3) is 0.412. The minimum absolute atomic E-state index is 0.0868. The number of aromatic nitrogens is 2. The Balaban J connectivity index is 1.48. The number of furan rings is 1. The lowest BCUT2D eigenvalue weighted by molar-refractivity contribution is 0.283. The lowest BCUT2D eigenvalue weighted by Crippen LogP contribution is -2.46. The Hall–Kier alpha value is -2.38. The minimum Gasteiger partial charge on any atom is -0.465 e. The van der Waals surface area contributed by atoms with Crippen LogP contribution in [0.3, 0.4) is 0 Å². The fourth-order valence-corrected chi connectivity index (χ4v) is 2.66. The Morgan fingerprint density at radius 3 is 2.88 bits per heavy atom. The first-order valence-corrected chi connectivity index (χ1v) is 8.19. The molecule has 0 atom stereocenters. The van der Waals surface area contributed by atoms with E-state index in [0.29, 0.717) is 6.54 Å². The van der Waals surface area contributed by atoms with Crippen molar-refractivity contribution in [2.45, 2.75) is 0 Å². The average Bonchev–Trinajstić information content (AvgIpc) is 3.14. The second kappa shape index (κ2) is 8.47. The molecule has 3 heterocycles. The zero-order valence-electron chi connectivity index (χ0n) is 13.6. The molecule has 1 aliphatic heterocycles. The molecule has 7 nitrogen and oxygen atoms in total. The summed E-state index contributed by atoms with van der Waals surface area (Å²) in [5, 5.41) is 11.9. The SMILES string of the molecule is OCCNc1cc(N2CCN(C/C=C/c3ccco3)CC2)ncn1. The predicted octanol–water partition coefficient (Wildman–Crippen LogP) is 1.31. The van der Waals surface area contributed by atoms with E-state index in [1.807, 2.05) is 24.3 Å². The normalized spacial score (nSPS) is 16.0. The zero-order valence-corrected chi connectivity index (χ0v) is 13.6. The van der Waals surface area contributed by atoms with Crippen molar-refractivity contribution in [3.05, 3.63) is 42.6 Å². The molecule has 0 radical (unpaired) electrons. The highest BCUT2D eigenvalue weighted by molar-refractivity contribution is 5.48. The standard InChI is InChI=1S/C17H23N5O2/c23-11-5-18-16-13-17(20-14-19-16)22-9-7-21(8-10-22)6-1-3-15-4-2-12-24-15/h1-4,12-14,23H,5-11H2,(H,18,19,20)/b3-1+. The molecule has 24 heavy (non-hydrogen) atoms. The van der Waals surface area contributed by atoms with Gasteiger partial charge >= 0.3 is 0 Å². The maximum Gasteiger partial charge on any atom is 0.134 e. The Labute approximate surface area is 141 Å².